The highest BCUT2D eigenvalue weighted by atomic mass is 19.1. The zero-order valence-corrected chi connectivity index (χ0v) is 11.5. The van der Waals surface area contributed by atoms with Crippen molar-refractivity contribution in [2.75, 3.05) is 11.9 Å². The number of rotatable bonds is 5. The van der Waals surface area contributed by atoms with Crippen LogP contribution >= 0.6 is 0 Å². The molecule has 1 amide bonds. The van der Waals surface area contributed by atoms with E-state index < -0.39 is 0 Å². The number of amides is 1. The number of nitrogens with one attached hydrogen (secondary N) is 1. The van der Waals surface area contributed by atoms with Gasteiger partial charge in [-0.2, -0.15) is 5.26 Å². The quantitative estimate of drug-likeness (QED) is 0.681. The second-order valence-electron chi connectivity index (χ2n) is 4.30. The minimum absolute atomic E-state index is 0.272. The van der Waals surface area contributed by atoms with Crippen molar-refractivity contribution >= 4 is 17.8 Å². The minimum atomic E-state index is -0.388. The largest absolute Gasteiger partial charge is 0.386 e. The van der Waals surface area contributed by atoms with Crippen LogP contribution in [0.3, 0.4) is 0 Å². The van der Waals surface area contributed by atoms with Crippen LogP contribution in [-0.4, -0.2) is 18.7 Å². The molecular weight excluding hydrogens is 285 g/mol. The Morgan fingerprint density at radius 1 is 1.32 bits per heavy atom. The molecule has 0 atom stereocenters. The highest BCUT2D eigenvalue weighted by Gasteiger charge is 2.02. The summed E-state index contributed by atoms with van der Waals surface area (Å²) in [7, 11) is 0. The Bertz CT molecular complexity index is 721. The zero-order valence-electron chi connectivity index (χ0n) is 11.5. The Labute approximate surface area is 126 Å². The molecule has 0 saturated heterocycles. The van der Waals surface area contributed by atoms with Gasteiger partial charge < -0.3 is 10.2 Å². The first-order valence-electron chi connectivity index (χ1n) is 6.38. The molecule has 0 aliphatic rings. The van der Waals surface area contributed by atoms with Crippen LogP contribution in [0.4, 0.5) is 10.1 Å². The Morgan fingerprint density at radius 2 is 2.09 bits per heavy atom. The molecule has 0 radical (unpaired) electrons. The van der Waals surface area contributed by atoms with Crippen molar-refractivity contribution in [3.63, 3.8) is 0 Å². The molecule has 2 rings (SSSR count). The molecular formula is C16H12FN3O2. The number of nitrogens with zero attached hydrogens (tertiary/aromatic N) is 2. The summed E-state index contributed by atoms with van der Waals surface area (Å²) in [4.78, 5) is 16.4. The van der Waals surface area contributed by atoms with Crippen LogP contribution in [0.15, 0.2) is 53.7 Å². The van der Waals surface area contributed by atoms with Crippen molar-refractivity contribution in [1.82, 2.24) is 0 Å². The number of hydrogen-bond donors (Lipinski definition) is 1. The van der Waals surface area contributed by atoms with E-state index in [1.54, 1.807) is 36.4 Å². The lowest BCUT2D eigenvalue weighted by Gasteiger charge is -2.03. The van der Waals surface area contributed by atoms with Crippen molar-refractivity contribution in [2.24, 2.45) is 5.16 Å². The first-order valence-corrected chi connectivity index (χ1v) is 6.38. The molecule has 2 aromatic carbocycles. The summed E-state index contributed by atoms with van der Waals surface area (Å²) in [6.45, 7) is -0.272. The molecule has 0 spiro atoms. The van der Waals surface area contributed by atoms with Gasteiger partial charge >= 0.3 is 0 Å². The average Bonchev–Trinajstić information content (AvgIpc) is 2.52. The summed E-state index contributed by atoms with van der Waals surface area (Å²) in [6.07, 6.45) is 1.32. The predicted octanol–water partition coefficient (Wildman–Crippen LogP) is 2.69. The zero-order chi connectivity index (χ0) is 15.8. The third-order valence-electron chi connectivity index (χ3n) is 2.62. The molecule has 0 heterocycles. The Hall–Kier alpha value is -3.20. The molecule has 0 aliphatic heterocycles. The maximum absolute atomic E-state index is 12.9. The highest BCUT2D eigenvalue weighted by Crippen LogP contribution is 2.08. The van der Waals surface area contributed by atoms with Gasteiger partial charge in [-0.3, -0.25) is 4.79 Å². The van der Waals surface area contributed by atoms with Gasteiger partial charge in [0.2, 0.25) is 0 Å². The van der Waals surface area contributed by atoms with Crippen LogP contribution in [0.5, 0.6) is 0 Å². The van der Waals surface area contributed by atoms with Gasteiger partial charge in [0.15, 0.2) is 6.61 Å². The molecule has 0 aromatic heterocycles. The number of halogens is 1. The van der Waals surface area contributed by atoms with Gasteiger partial charge in [0.25, 0.3) is 5.91 Å². The van der Waals surface area contributed by atoms with Gasteiger partial charge in [-0.25, -0.2) is 4.39 Å². The van der Waals surface area contributed by atoms with Crippen molar-refractivity contribution in [2.45, 2.75) is 0 Å². The van der Waals surface area contributed by atoms with Crippen LogP contribution in [0.25, 0.3) is 0 Å². The molecule has 6 heteroatoms. The molecule has 1 N–H and O–H groups in total. The molecule has 2 aromatic rings. The smallest absolute Gasteiger partial charge is 0.265 e. The first-order chi connectivity index (χ1) is 10.7. The lowest BCUT2D eigenvalue weighted by atomic mass is 10.2. The number of carbonyl (C=O) groups is 1. The SMILES string of the molecule is N#Cc1ccc(NC(=O)CO/N=C\c2cccc(F)c2)cc1. The molecule has 0 unspecified atom stereocenters. The van der Waals surface area contributed by atoms with Crippen molar-refractivity contribution in [1.29, 1.82) is 5.26 Å². The van der Waals surface area contributed by atoms with E-state index >= 15 is 0 Å². The Kier molecular flexibility index (Phi) is 5.21. The summed E-state index contributed by atoms with van der Waals surface area (Å²) in [6, 6.07) is 14.2. The van der Waals surface area contributed by atoms with Crippen LogP contribution < -0.4 is 5.32 Å². The molecule has 0 fully saturated rings. The van der Waals surface area contributed by atoms with Crippen LogP contribution in [0.2, 0.25) is 0 Å². The van der Waals surface area contributed by atoms with Crippen molar-refractivity contribution in [3.8, 4) is 6.07 Å². The van der Waals surface area contributed by atoms with Gasteiger partial charge in [-0.05, 0) is 42.0 Å². The average molecular weight is 297 g/mol. The summed E-state index contributed by atoms with van der Waals surface area (Å²) in [5.74, 6) is -0.761. The molecule has 0 bridgehead atoms. The van der Waals surface area contributed by atoms with Crippen LogP contribution in [0.1, 0.15) is 11.1 Å². The number of oxime groups is 1. The summed E-state index contributed by atoms with van der Waals surface area (Å²) < 4.78 is 12.9. The van der Waals surface area contributed by atoms with E-state index in [0.717, 1.165) is 0 Å². The third kappa shape index (κ3) is 4.72. The lowest BCUT2D eigenvalue weighted by Crippen LogP contribution is -2.16. The number of benzene rings is 2. The summed E-state index contributed by atoms with van der Waals surface area (Å²) in [5, 5.41) is 14.9. The van der Waals surface area contributed by atoms with Crippen LogP contribution in [0, 0.1) is 17.1 Å². The molecule has 0 saturated carbocycles. The fraction of sp³-hybridized carbons (Fsp3) is 0.0625. The van der Waals surface area contributed by atoms with E-state index in [0.29, 0.717) is 16.8 Å². The number of anilines is 1. The molecule has 110 valence electrons. The van der Waals surface area contributed by atoms with E-state index in [1.165, 1.54) is 18.3 Å². The summed E-state index contributed by atoms with van der Waals surface area (Å²) >= 11 is 0. The van der Waals surface area contributed by atoms with Gasteiger partial charge in [0, 0.05) is 5.69 Å². The predicted molar refractivity (Wildman–Crippen MR) is 79.7 cm³/mol. The summed E-state index contributed by atoms with van der Waals surface area (Å²) in [5.41, 5.74) is 1.60. The monoisotopic (exact) mass is 297 g/mol. The van der Waals surface area contributed by atoms with Crippen molar-refractivity contribution in [3.05, 3.63) is 65.5 Å². The Morgan fingerprint density at radius 3 is 2.77 bits per heavy atom. The lowest BCUT2D eigenvalue weighted by molar-refractivity contribution is -0.120. The number of hydrogen-bond acceptors (Lipinski definition) is 4. The fourth-order valence-electron chi connectivity index (χ4n) is 1.61. The molecule has 0 aliphatic carbocycles. The second kappa shape index (κ2) is 7.55. The van der Waals surface area contributed by atoms with E-state index in [9.17, 15) is 9.18 Å². The normalized spacial score (nSPS) is 10.2. The molecule has 5 nitrogen and oxygen atoms in total. The molecule has 22 heavy (non-hydrogen) atoms. The third-order valence-corrected chi connectivity index (χ3v) is 2.62. The maximum Gasteiger partial charge on any atom is 0.265 e. The van der Waals surface area contributed by atoms with Gasteiger partial charge in [0.1, 0.15) is 5.82 Å². The minimum Gasteiger partial charge on any atom is -0.386 e. The van der Waals surface area contributed by atoms with E-state index in [4.69, 9.17) is 10.1 Å². The Balaban J connectivity index is 1.79. The number of nitriles is 1. The van der Waals surface area contributed by atoms with Crippen molar-refractivity contribution < 1.29 is 14.0 Å². The van der Waals surface area contributed by atoms with E-state index in [2.05, 4.69) is 10.5 Å². The van der Waals surface area contributed by atoms with Gasteiger partial charge in [-0.1, -0.05) is 17.3 Å². The van der Waals surface area contributed by atoms with E-state index in [1.807, 2.05) is 6.07 Å². The first kappa shape index (κ1) is 15.2. The second-order valence-corrected chi connectivity index (χ2v) is 4.30. The number of carbonyl (C=O) groups excluding carboxylic acids is 1. The fourth-order valence-corrected chi connectivity index (χ4v) is 1.61. The topological polar surface area (TPSA) is 74.5 Å². The van der Waals surface area contributed by atoms with Gasteiger partial charge in [0.05, 0.1) is 17.8 Å². The highest BCUT2D eigenvalue weighted by molar-refractivity contribution is 5.91. The van der Waals surface area contributed by atoms with E-state index in [-0.39, 0.29) is 18.3 Å². The maximum atomic E-state index is 12.9. The van der Waals surface area contributed by atoms with Crippen LogP contribution in [-0.2, 0) is 9.63 Å². The standard InChI is InChI=1S/C16H12FN3O2/c17-14-3-1-2-13(8-14)10-19-22-11-16(21)20-15-6-4-12(9-18)5-7-15/h1-8,10H,11H2,(H,20,21)/b19-10-. The van der Waals surface area contributed by atoms with Gasteiger partial charge in [-0.15, -0.1) is 0 Å².